The molecule has 1 aromatic rings. The highest BCUT2D eigenvalue weighted by Crippen LogP contribution is 2.16. The van der Waals surface area contributed by atoms with Crippen molar-refractivity contribution in [2.45, 2.75) is 0 Å². The Labute approximate surface area is 85.3 Å². The van der Waals surface area contributed by atoms with Crippen LogP contribution in [0.3, 0.4) is 0 Å². The summed E-state index contributed by atoms with van der Waals surface area (Å²) in [6.45, 7) is 0. The van der Waals surface area contributed by atoms with Gasteiger partial charge in [-0.25, -0.2) is 0 Å². The van der Waals surface area contributed by atoms with Crippen molar-refractivity contribution in [3.8, 4) is 11.5 Å². The highest BCUT2D eigenvalue weighted by molar-refractivity contribution is 6.59. The Morgan fingerprint density at radius 3 is 2.69 bits per heavy atom. The van der Waals surface area contributed by atoms with Crippen LogP contribution in [0.2, 0.25) is 0 Å². The zero-order valence-electron chi connectivity index (χ0n) is 12.5. The quantitative estimate of drug-likeness (QED) is 0.621. The van der Waals surface area contributed by atoms with Gasteiger partial charge in [0.25, 0.3) is 0 Å². The van der Waals surface area contributed by atoms with Crippen LogP contribution < -0.4 is 14.9 Å². The highest BCUT2D eigenvalue weighted by atomic mass is 16.5. The summed E-state index contributed by atoms with van der Waals surface area (Å²) in [6, 6.07) is 3.23. The van der Waals surface area contributed by atoms with E-state index in [1.54, 1.807) is 0 Å². The van der Waals surface area contributed by atoms with E-state index in [9.17, 15) is 0 Å². The van der Waals surface area contributed by atoms with E-state index in [1.165, 1.54) is 0 Å². The number of hydrogen-bond acceptors (Lipinski definition) is 4. The minimum Gasteiger partial charge on any atom is -0.497 e. The third-order valence-corrected chi connectivity index (χ3v) is 1.49. The van der Waals surface area contributed by atoms with Gasteiger partial charge in [-0.3, -0.25) is 0 Å². The molecule has 0 radical (unpaired) electrons. The Hall–Kier alpha value is -1.20. The predicted octanol–water partition coefficient (Wildman–Crippen LogP) is -0.616. The fourth-order valence-corrected chi connectivity index (χ4v) is 0.880. The summed E-state index contributed by atoms with van der Waals surface area (Å²) in [5, 5.41) is 18.1. The molecule has 0 bridgehead atoms. The zero-order chi connectivity index (χ0) is 14.8. The van der Waals surface area contributed by atoms with Crippen molar-refractivity contribution in [1.82, 2.24) is 0 Å². The molecule has 70 valence electrons. The summed E-state index contributed by atoms with van der Waals surface area (Å²) >= 11 is 0. The van der Waals surface area contributed by atoms with E-state index in [1.807, 2.05) is 0 Å². The molecule has 0 spiro atoms. The molecule has 13 heavy (non-hydrogen) atoms. The highest BCUT2D eigenvalue weighted by Gasteiger charge is 2.16. The Morgan fingerprint density at radius 1 is 1.31 bits per heavy atom. The van der Waals surface area contributed by atoms with Gasteiger partial charge in [0.05, 0.1) is 22.3 Å². The Balaban J connectivity index is 3.11. The third-order valence-electron chi connectivity index (χ3n) is 1.49. The van der Waals surface area contributed by atoms with Gasteiger partial charge in [-0.2, -0.15) is 0 Å². The topological polar surface area (TPSA) is 58.9 Å². The number of benzene rings is 1. The van der Waals surface area contributed by atoms with Gasteiger partial charge < -0.3 is 19.5 Å². The first kappa shape index (κ1) is 4.35. The standard InChI is InChI=1S/C8H11BO4/c1-12-6-3-4-7(9(10)11)8(5-6)13-2/h3-5,10-11H,1-2H3/i1D3,2D3. The van der Waals surface area contributed by atoms with Gasteiger partial charge in [0.2, 0.25) is 0 Å². The van der Waals surface area contributed by atoms with Crippen molar-refractivity contribution in [3.05, 3.63) is 18.2 Å². The number of hydrogen-bond donors (Lipinski definition) is 2. The van der Waals surface area contributed by atoms with Gasteiger partial charge >= 0.3 is 7.12 Å². The fourth-order valence-electron chi connectivity index (χ4n) is 0.880. The summed E-state index contributed by atoms with van der Waals surface area (Å²) in [6.07, 6.45) is 0. The summed E-state index contributed by atoms with van der Waals surface area (Å²) in [4.78, 5) is 0. The maximum absolute atomic E-state index is 9.06. The van der Waals surface area contributed by atoms with E-state index >= 15 is 0 Å². The molecular formula is C8H11BO4. The van der Waals surface area contributed by atoms with Crippen molar-refractivity contribution in [2.75, 3.05) is 14.1 Å². The molecule has 1 rings (SSSR count). The smallest absolute Gasteiger partial charge is 0.492 e. The number of rotatable bonds is 3. The molecule has 0 heterocycles. The molecule has 0 aliphatic carbocycles. The molecule has 0 aromatic heterocycles. The normalized spacial score (nSPS) is 18.3. The molecule has 0 aliphatic heterocycles. The van der Waals surface area contributed by atoms with Gasteiger partial charge in [0.1, 0.15) is 11.5 Å². The van der Waals surface area contributed by atoms with Gasteiger partial charge in [-0.05, 0) is 6.07 Å². The summed E-state index contributed by atoms with van der Waals surface area (Å²) in [7, 11) is -7.49. The number of ether oxygens (including phenoxy) is 2. The van der Waals surface area contributed by atoms with Gasteiger partial charge in [-0.15, -0.1) is 0 Å². The van der Waals surface area contributed by atoms with Crippen molar-refractivity contribution in [1.29, 1.82) is 0 Å². The maximum atomic E-state index is 9.06. The monoisotopic (exact) mass is 188 g/mol. The Bertz CT molecular complexity index is 444. The van der Waals surface area contributed by atoms with E-state index in [0.717, 1.165) is 18.2 Å². The van der Waals surface area contributed by atoms with Crippen LogP contribution in [-0.2, 0) is 0 Å². The number of methoxy groups -OCH3 is 2. The van der Waals surface area contributed by atoms with Gasteiger partial charge in [0.15, 0.2) is 0 Å². The SMILES string of the molecule is [2H]C([2H])([2H])Oc1ccc(B(O)O)c(OC([2H])([2H])[2H])c1. The second kappa shape index (κ2) is 4.16. The average Bonchev–Trinajstić information content (AvgIpc) is 2.11. The lowest BCUT2D eigenvalue weighted by molar-refractivity contribution is 0.390. The van der Waals surface area contributed by atoms with Crippen LogP contribution in [0, 0.1) is 0 Å². The van der Waals surface area contributed by atoms with E-state index in [4.69, 9.17) is 18.3 Å². The first-order chi connectivity index (χ1) is 8.48. The lowest BCUT2D eigenvalue weighted by atomic mass is 9.79. The molecule has 0 saturated heterocycles. The Kier molecular flexibility index (Phi) is 1.39. The van der Waals surface area contributed by atoms with Crippen molar-refractivity contribution in [3.63, 3.8) is 0 Å². The van der Waals surface area contributed by atoms with E-state index in [-0.39, 0.29) is 11.2 Å². The molecule has 4 nitrogen and oxygen atoms in total. The molecule has 0 saturated carbocycles. The zero-order valence-corrected chi connectivity index (χ0v) is 6.52. The molecular weight excluding hydrogens is 171 g/mol. The minimum atomic E-state index is -2.82. The van der Waals surface area contributed by atoms with Crippen LogP contribution >= 0.6 is 0 Å². The molecule has 0 unspecified atom stereocenters. The van der Waals surface area contributed by atoms with Crippen LogP contribution in [0.25, 0.3) is 0 Å². The second-order valence-corrected chi connectivity index (χ2v) is 2.28. The van der Waals surface area contributed by atoms with E-state index in [0.29, 0.717) is 0 Å². The van der Waals surface area contributed by atoms with Crippen LogP contribution in [0.1, 0.15) is 8.22 Å². The molecule has 1 aromatic carbocycles. The van der Waals surface area contributed by atoms with Crippen molar-refractivity contribution < 1.29 is 27.7 Å². The third kappa shape index (κ3) is 2.14. The Morgan fingerprint density at radius 2 is 2.08 bits per heavy atom. The van der Waals surface area contributed by atoms with Gasteiger partial charge in [0, 0.05) is 11.5 Å². The largest absolute Gasteiger partial charge is 0.497 e. The lowest BCUT2D eigenvalue weighted by Gasteiger charge is -2.08. The molecule has 0 fully saturated rings. The summed E-state index contributed by atoms with van der Waals surface area (Å²) in [5.74, 6) is -0.569. The first-order valence-corrected chi connectivity index (χ1v) is 3.36. The lowest BCUT2D eigenvalue weighted by Crippen LogP contribution is -2.31. The molecule has 0 aliphatic rings. The maximum Gasteiger partial charge on any atom is 0.492 e. The molecule has 0 atom stereocenters. The molecule has 2 N–H and O–H groups in total. The van der Waals surface area contributed by atoms with Crippen molar-refractivity contribution in [2.24, 2.45) is 0 Å². The first-order valence-electron chi connectivity index (χ1n) is 6.36. The minimum absolute atomic E-state index is 0.177. The summed E-state index contributed by atoms with van der Waals surface area (Å²) in [5.41, 5.74) is -0.214. The van der Waals surface area contributed by atoms with Crippen LogP contribution in [0.4, 0.5) is 0 Å². The fraction of sp³-hybridized carbons (Fsp3) is 0.250. The van der Waals surface area contributed by atoms with Crippen LogP contribution in [0.5, 0.6) is 11.5 Å². The van der Waals surface area contributed by atoms with Crippen LogP contribution in [0.15, 0.2) is 18.2 Å². The molecule has 5 heteroatoms. The van der Waals surface area contributed by atoms with Gasteiger partial charge in [-0.1, -0.05) is 6.07 Å². The van der Waals surface area contributed by atoms with E-state index < -0.39 is 26.9 Å². The second-order valence-electron chi connectivity index (χ2n) is 2.28. The predicted molar refractivity (Wildman–Crippen MR) is 49.4 cm³/mol. The summed E-state index contributed by atoms with van der Waals surface area (Å²) < 4.78 is 50.7. The van der Waals surface area contributed by atoms with Crippen molar-refractivity contribution >= 4 is 12.6 Å². The molecule has 0 amide bonds. The average molecular weight is 188 g/mol. The van der Waals surface area contributed by atoms with Crippen LogP contribution in [-0.4, -0.2) is 31.2 Å². The van der Waals surface area contributed by atoms with E-state index in [2.05, 4.69) is 9.47 Å².